The Morgan fingerprint density at radius 2 is 1.55 bits per heavy atom. The molecular formula is C56H61N5O10. The number of aliphatic hydroxyl groups excluding tert-OH is 1. The Morgan fingerprint density at radius 1 is 0.845 bits per heavy atom. The topological polar surface area (TPSA) is 192 Å². The molecule has 1 aliphatic carbocycles. The SMILES string of the molecule is CCCCCc1ccc(-c2cc3cn([C@H]4C[C@H](O)[C@@H](COC(=O)[C@H](Cc5ccccc5)NC(=O)[C@@H]5CCCN5C(=O)[C@@H](NC(=O)OCC5c6ccccc6-c6ccccc65)C(C)C)O4)c(=O)nc3o2)cc1. The number of nitrogens with one attached hydrogen (secondary N) is 2. The maximum Gasteiger partial charge on any atom is 0.407 e. The van der Waals surface area contributed by atoms with Crippen LogP contribution in [0, 0.1) is 5.92 Å². The van der Waals surface area contributed by atoms with Crippen LogP contribution in [-0.4, -0.2) is 93.5 Å². The first kappa shape index (κ1) is 48.9. The normalized spacial score (nSPS) is 19.3. The molecular weight excluding hydrogens is 903 g/mol. The minimum absolute atomic E-state index is 0.0305. The third kappa shape index (κ3) is 11.0. The molecule has 15 heteroatoms. The molecule has 0 bridgehead atoms. The smallest absolute Gasteiger partial charge is 0.407 e. The molecule has 6 atom stereocenters. The number of hydrogen-bond acceptors (Lipinski definition) is 11. The highest BCUT2D eigenvalue weighted by atomic mass is 16.6. The highest BCUT2D eigenvalue weighted by molar-refractivity contribution is 5.94. The molecule has 0 saturated carbocycles. The lowest BCUT2D eigenvalue weighted by Gasteiger charge is -2.31. The molecule has 4 aromatic carbocycles. The largest absolute Gasteiger partial charge is 0.461 e. The van der Waals surface area contributed by atoms with Crippen molar-refractivity contribution in [3.05, 3.63) is 148 Å². The second-order valence-corrected chi connectivity index (χ2v) is 19.2. The van der Waals surface area contributed by atoms with Gasteiger partial charge in [0.1, 0.15) is 49.4 Å². The Balaban J connectivity index is 0.821. The van der Waals surface area contributed by atoms with Gasteiger partial charge in [-0.1, -0.05) is 137 Å². The van der Waals surface area contributed by atoms with Gasteiger partial charge in [-0.05, 0) is 71.0 Å². The number of ether oxygens (including phenoxy) is 3. The van der Waals surface area contributed by atoms with Crippen molar-refractivity contribution in [1.82, 2.24) is 25.1 Å². The van der Waals surface area contributed by atoms with E-state index < -0.39 is 66.1 Å². The summed E-state index contributed by atoms with van der Waals surface area (Å²) in [5.74, 6) is -1.68. The monoisotopic (exact) mass is 963 g/mol. The molecule has 4 heterocycles. The number of likely N-dealkylation sites (tertiary alicyclic amines) is 1. The van der Waals surface area contributed by atoms with Gasteiger partial charge in [0.25, 0.3) is 0 Å². The molecule has 9 rings (SSSR count). The van der Waals surface area contributed by atoms with Crippen molar-refractivity contribution in [3.63, 3.8) is 0 Å². The Hall–Kier alpha value is -7.10. The van der Waals surface area contributed by atoms with Gasteiger partial charge >= 0.3 is 17.8 Å². The number of nitrogens with zero attached hydrogens (tertiary/aromatic N) is 3. The number of fused-ring (bicyclic) bond motifs is 4. The molecule has 71 heavy (non-hydrogen) atoms. The van der Waals surface area contributed by atoms with E-state index in [9.17, 15) is 29.1 Å². The molecule has 3 amide bonds. The van der Waals surface area contributed by atoms with Crippen LogP contribution in [0.15, 0.2) is 125 Å². The van der Waals surface area contributed by atoms with Crippen LogP contribution in [0.1, 0.15) is 93.7 Å². The van der Waals surface area contributed by atoms with Crippen molar-refractivity contribution >= 4 is 35.0 Å². The number of unbranched alkanes of at least 4 members (excludes halogenated alkanes) is 2. The first-order valence-electron chi connectivity index (χ1n) is 24.8. The van der Waals surface area contributed by atoms with Crippen molar-refractivity contribution in [3.8, 4) is 22.5 Å². The van der Waals surface area contributed by atoms with Crippen LogP contribution in [-0.2, 0) is 41.4 Å². The zero-order valence-corrected chi connectivity index (χ0v) is 40.3. The molecule has 15 nitrogen and oxygen atoms in total. The number of hydrogen-bond donors (Lipinski definition) is 3. The predicted molar refractivity (Wildman–Crippen MR) is 266 cm³/mol. The summed E-state index contributed by atoms with van der Waals surface area (Å²) in [7, 11) is 0. The Bertz CT molecular complexity index is 2870. The van der Waals surface area contributed by atoms with Crippen LogP contribution in [0.4, 0.5) is 4.79 Å². The fourth-order valence-corrected chi connectivity index (χ4v) is 10.1. The zero-order chi connectivity index (χ0) is 49.6. The van der Waals surface area contributed by atoms with Gasteiger partial charge in [0, 0.05) is 37.1 Å². The minimum atomic E-state index is -1.17. The number of benzene rings is 4. The van der Waals surface area contributed by atoms with E-state index in [1.165, 1.54) is 21.5 Å². The summed E-state index contributed by atoms with van der Waals surface area (Å²) >= 11 is 0. The van der Waals surface area contributed by atoms with Crippen molar-refractivity contribution < 1.29 is 42.9 Å². The van der Waals surface area contributed by atoms with E-state index in [1.807, 2.05) is 98.8 Å². The van der Waals surface area contributed by atoms with E-state index in [1.54, 1.807) is 6.20 Å². The van der Waals surface area contributed by atoms with Gasteiger partial charge in [-0.25, -0.2) is 14.4 Å². The van der Waals surface area contributed by atoms with Crippen LogP contribution in [0.2, 0.25) is 0 Å². The van der Waals surface area contributed by atoms with Gasteiger partial charge in [-0.3, -0.25) is 14.2 Å². The average molecular weight is 964 g/mol. The van der Waals surface area contributed by atoms with Crippen molar-refractivity contribution in [2.45, 2.75) is 115 Å². The number of furan rings is 1. The predicted octanol–water partition coefficient (Wildman–Crippen LogP) is 7.86. The van der Waals surface area contributed by atoms with Crippen LogP contribution < -0.4 is 16.3 Å². The van der Waals surface area contributed by atoms with E-state index in [2.05, 4.69) is 46.8 Å². The number of carbonyl (C=O) groups is 4. The maximum atomic E-state index is 14.3. The summed E-state index contributed by atoms with van der Waals surface area (Å²) in [4.78, 5) is 74.7. The van der Waals surface area contributed by atoms with Crippen LogP contribution in [0.5, 0.6) is 0 Å². The number of esters is 1. The van der Waals surface area contributed by atoms with Gasteiger partial charge < -0.3 is 39.3 Å². The number of aromatic nitrogens is 2. The van der Waals surface area contributed by atoms with E-state index in [-0.39, 0.29) is 50.1 Å². The molecule has 2 fully saturated rings. The van der Waals surface area contributed by atoms with Crippen molar-refractivity contribution in [1.29, 1.82) is 0 Å². The van der Waals surface area contributed by atoms with E-state index >= 15 is 0 Å². The zero-order valence-electron chi connectivity index (χ0n) is 40.3. The molecule has 0 unspecified atom stereocenters. The van der Waals surface area contributed by atoms with Gasteiger partial charge in [0.05, 0.1) is 11.5 Å². The first-order valence-corrected chi connectivity index (χ1v) is 24.8. The van der Waals surface area contributed by atoms with Gasteiger partial charge in [-0.2, -0.15) is 4.98 Å². The maximum absolute atomic E-state index is 14.3. The first-order chi connectivity index (χ1) is 34.4. The molecule has 0 spiro atoms. The summed E-state index contributed by atoms with van der Waals surface area (Å²) in [6, 6.07) is 32.1. The molecule has 3 N–H and O–H groups in total. The lowest BCUT2D eigenvalue weighted by molar-refractivity contribution is -0.154. The van der Waals surface area contributed by atoms with Crippen LogP contribution >= 0.6 is 0 Å². The fraction of sp³-hybridized carbons (Fsp3) is 0.393. The van der Waals surface area contributed by atoms with Crippen molar-refractivity contribution in [2.24, 2.45) is 5.92 Å². The molecule has 6 aromatic rings. The molecule has 2 aromatic heterocycles. The average Bonchev–Trinajstić information content (AvgIpc) is 4.19. The van der Waals surface area contributed by atoms with Gasteiger partial charge in [0.15, 0.2) is 0 Å². The number of aryl methyl sites for hydroxylation is 1. The lowest BCUT2D eigenvalue weighted by Crippen LogP contribution is -2.57. The summed E-state index contributed by atoms with van der Waals surface area (Å²) in [5.41, 5.74) is 6.73. The molecule has 2 aliphatic heterocycles. The number of carbonyl (C=O) groups excluding carboxylic acids is 4. The number of alkyl carbamates (subject to hydrolysis) is 1. The number of aliphatic hydroxyl groups is 1. The highest BCUT2D eigenvalue weighted by Gasteiger charge is 2.41. The van der Waals surface area contributed by atoms with Crippen LogP contribution in [0.25, 0.3) is 33.6 Å². The standard InChI is InChI=1S/C56H61N5O10/c1-4-5-7-15-35-23-25-37(26-24-35)47-29-38-31-61(55(66)59-52(38)71-47)49-30-46(62)48(70-49)33-68-54(65)44(28-36-16-8-6-9-17-36)57-51(63)45-22-14-27-60(45)53(64)50(34(2)3)58-56(67)69-32-43-41-20-12-10-18-39(41)40-19-11-13-21-42(40)43/h6,8-13,16-21,23-26,29,31,34,43-46,48-50,62H,4-5,7,14-15,22,27-28,30,32-33H2,1-3H3,(H,57,63)(H,58,67)/t44-,45-,46-,48+,49+,50-/m0/s1. The van der Waals surface area contributed by atoms with Gasteiger partial charge in [-0.15, -0.1) is 0 Å². The quantitative estimate of drug-likeness (QED) is 0.0561. The minimum Gasteiger partial charge on any atom is -0.461 e. The van der Waals surface area contributed by atoms with E-state index in [0.717, 1.165) is 52.6 Å². The van der Waals surface area contributed by atoms with Gasteiger partial charge in [0.2, 0.25) is 17.5 Å². The second kappa shape index (κ2) is 21.9. The lowest BCUT2D eigenvalue weighted by atomic mass is 9.98. The second-order valence-electron chi connectivity index (χ2n) is 19.2. The summed E-state index contributed by atoms with van der Waals surface area (Å²) in [5, 5.41) is 17.3. The third-order valence-corrected chi connectivity index (χ3v) is 13.9. The Kier molecular flexibility index (Phi) is 15.1. The molecule has 370 valence electrons. The third-order valence-electron chi connectivity index (χ3n) is 13.9. The summed E-state index contributed by atoms with van der Waals surface area (Å²) in [6.45, 7) is 5.80. The molecule has 2 saturated heterocycles. The number of rotatable bonds is 18. The van der Waals surface area contributed by atoms with Crippen molar-refractivity contribution in [2.75, 3.05) is 19.8 Å². The fourth-order valence-electron chi connectivity index (χ4n) is 10.1. The summed E-state index contributed by atoms with van der Waals surface area (Å²) in [6.07, 6.45) is 3.32. The van der Waals surface area contributed by atoms with E-state index in [4.69, 9.17) is 18.6 Å². The van der Waals surface area contributed by atoms with E-state index in [0.29, 0.717) is 24.0 Å². The molecule has 0 radical (unpaired) electrons. The Morgan fingerprint density at radius 3 is 2.25 bits per heavy atom. The molecule has 3 aliphatic rings. The summed E-state index contributed by atoms with van der Waals surface area (Å²) < 4.78 is 24.9. The number of amides is 3. The highest BCUT2D eigenvalue weighted by Crippen LogP contribution is 2.44. The van der Waals surface area contributed by atoms with Crippen LogP contribution in [0.3, 0.4) is 0 Å². The Labute approximate surface area is 412 Å².